The Labute approximate surface area is 177 Å². The Morgan fingerprint density at radius 2 is 1.83 bits per heavy atom. The van der Waals surface area contributed by atoms with E-state index in [0.717, 1.165) is 17.7 Å². The number of H-pyrrole nitrogens is 1. The summed E-state index contributed by atoms with van der Waals surface area (Å²) in [6.07, 6.45) is 1.02. The maximum absolute atomic E-state index is 12.7. The molecule has 0 saturated heterocycles. The quantitative estimate of drug-likeness (QED) is 0.767. The number of benzene rings is 1. The van der Waals surface area contributed by atoms with Gasteiger partial charge in [0.05, 0.1) is 0 Å². The van der Waals surface area contributed by atoms with Gasteiger partial charge in [0.25, 0.3) is 11.5 Å². The van der Waals surface area contributed by atoms with E-state index in [-0.39, 0.29) is 16.8 Å². The molecule has 160 valence electrons. The lowest BCUT2D eigenvalue weighted by Crippen LogP contribution is -2.34. The Kier molecular flexibility index (Phi) is 6.27. The molecule has 30 heavy (non-hydrogen) atoms. The molecular weight excluding hydrogens is 378 g/mol. The second-order valence-electron chi connectivity index (χ2n) is 9.31. The Morgan fingerprint density at radius 1 is 1.17 bits per heavy atom. The first-order valence-electron chi connectivity index (χ1n) is 10.4. The summed E-state index contributed by atoms with van der Waals surface area (Å²) in [5.41, 5.74) is 2.56. The number of pyridine rings is 1. The van der Waals surface area contributed by atoms with Crippen molar-refractivity contribution in [2.75, 3.05) is 7.05 Å². The number of aromatic amines is 1. The van der Waals surface area contributed by atoms with E-state index in [9.17, 15) is 14.4 Å². The molecule has 1 amide bonds. The molecule has 6 nitrogen and oxygen atoms in total. The number of nitrogens with one attached hydrogen (secondary N) is 2. The SMILES string of the molecule is CC(C)N(C)Cc1ccccc1CNC(=O)c1cc2c([nH]c1=O)CC(C)(C)CC2=O. The van der Waals surface area contributed by atoms with Gasteiger partial charge in [0.2, 0.25) is 0 Å². The van der Waals surface area contributed by atoms with Gasteiger partial charge in [0.1, 0.15) is 5.56 Å². The summed E-state index contributed by atoms with van der Waals surface area (Å²) >= 11 is 0. The van der Waals surface area contributed by atoms with E-state index in [1.54, 1.807) is 0 Å². The molecule has 0 fully saturated rings. The van der Waals surface area contributed by atoms with E-state index in [2.05, 4.69) is 36.1 Å². The van der Waals surface area contributed by atoms with Crippen LogP contribution < -0.4 is 10.9 Å². The number of hydrogen-bond acceptors (Lipinski definition) is 4. The van der Waals surface area contributed by atoms with Gasteiger partial charge in [-0.2, -0.15) is 0 Å². The lowest BCUT2D eigenvalue weighted by molar-refractivity contribution is 0.0910. The van der Waals surface area contributed by atoms with Gasteiger partial charge < -0.3 is 10.3 Å². The van der Waals surface area contributed by atoms with Gasteiger partial charge in [-0.1, -0.05) is 38.1 Å². The molecule has 1 aliphatic carbocycles. The van der Waals surface area contributed by atoms with Gasteiger partial charge >= 0.3 is 0 Å². The summed E-state index contributed by atoms with van der Waals surface area (Å²) in [7, 11) is 2.06. The monoisotopic (exact) mass is 409 g/mol. The summed E-state index contributed by atoms with van der Waals surface area (Å²) in [6, 6.07) is 9.81. The largest absolute Gasteiger partial charge is 0.348 e. The maximum Gasteiger partial charge on any atom is 0.261 e. The predicted molar refractivity (Wildman–Crippen MR) is 118 cm³/mol. The van der Waals surface area contributed by atoms with Crippen molar-refractivity contribution in [1.29, 1.82) is 0 Å². The number of ketones is 1. The molecule has 1 heterocycles. The molecular formula is C24H31N3O3. The summed E-state index contributed by atoms with van der Waals surface area (Å²) in [4.78, 5) is 42.8. The molecule has 1 aromatic carbocycles. The zero-order chi connectivity index (χ0) is 22.1. The fourth-order valence-electron chi connectivity index (χ4n) is 3.80. The van der Waals surface area contributed by atoms with Gasteiger partial charge in [-0.25, -0.2) is 0 Å². The van der Waals surface area contributed by atoms with Crippen LogP contribution in [0.2, 0.25) is 0 Å². The fourth-order valence-corrected chi connectivity index (χ4v) is 3.80. The van der Waals surface area contributed by atoms with Crippen LogP contribution in [-0.2, 0) is 19.5 Å². The highest BCUT2D eigenvalue weighted by Gasteiger charge is 2.32. The van der Waals surface area contributed by atoms with Gasteiger partial charge in [0, 0.05) is 36.8 Å². The molecule has 2 aromatic rings. The third-order valence-corrected chi connectivity index (χ3v) is 5.82. The number of aromatic nitrogens is 1. The molecule has 0 unspecified atom stereocenters. The van der Waals surface area contributed by atoms with E-state index < -0.39 is 11.5 Å². The van der Waals surface area contributed by atoms with Crippen molar-refractivity contribution >= 4 is 11.7 Å². The van der Waals surface area contributed by atoms with Gasteiger partial charge in [-0.15, -0.1) is 0 Å². The molecule has 0 bridgehead atoms. The van der Waals surface area contributed by atoms with Crippen molar-refractivity contribution in [2.45, 2.75) is 59.7 Å². The van der Waals surface area contributed by atoms with Crippen molar-refractivity contribution < 1.29 is 9.59 Å². The van der Waals surface area contributed by atoms with Gasteiger partial charge in [-0.3, -0.25) is 19.3 Å². The smallest absolute Gasteiger partial charge is 0.261 e. The van der Waals surface area contributed by atoms with Crippen molar-refractivity contribution in [1.82, 2.24) is 15.2 Å². The summed E-state index contributed by atoms with van der Waals surface area (Å²) < 4.78 is 0. The molecule has 0 spiro atoms. The Morgan fingerprint density at radius 3 is 2.50 bits per heavy atom. The zero-order valence-electron chi connectivity index (χ0n) is 18.5. The molecule has 1 aliphatic rings. The minimum atomic E-state index is -0.469. The number of carbonyl (C=O) groups excluding carboxylic acids is 2. The normalized spacial score (nSPS) is 15.4. The summed E-state index contributed by atoms with van der Waals surface area (Å²) in [5, 5.41) is 2.85. The first kappa shape index (κ1) is 22.0. The molecule has 0 radical (unpaired) electrons. The third kappa shape index (κ3) is 4.87. The fraction of sp³-hybridized carbons (Fsp3) is 0.458. The van der Waals surface area contributed by atoms with Crippen LogP contribution >= 0.6 is 0 Å². The predicted octanol–water partition coefficient (Wildman–Crippen LogP) is 3.30. The minimum Gasteiger partial charge on any atom is -0.348 e. The first-order chi connectivity index (χ1) is 14.1. The van der Waals surface area contributed by atoms with E-state index in [4.69, 9.17) is 0 Å². The Bertz CT molecular complexity index is 1020. The number of nitrogens with zero attached hydrogens (tertiary/aromatic N) is 1. The number of rotatable bonds is 6. The van der Waals surface area contributed by atoms with E-state index in [1.807, 2.05) is 38.1 Å². The zero-order valence-corrected chi connectivity index (χ0v) is 18.5. The number of fused-ring (bicyclic) bond motifs is 1. The third-order valence-electron chi connectivity index (χ3n) is 5.82. The molecule has 3 rings (SSSR count). The van der Waals surface area contributed by atoms with E-state index >= 15 is 0 Å². The Hall–Kier alpha value is -2.73. The first-order valence-corrected chi connectivity index (χ1v) is 10.4. The van der Waals surface area contributed by atoms with Crippen molar-refractivity contribution in [3.63, 3.8) is 0 Å². The second kappa shape index (κ2) is 8.56. The highest BCUT2D eigenvalue weighted by Crippen LogP contribution is 2.33. The molecule has 1 aromatic heterocycles. The number of Topliss-reactive ketones (excluding diaryl/α,β-unsaturated/α-hetero) is 1. The van der Waals surface area contributed by atoms with Gasteiger partial charge in [0.15, 0.2) is 5.78 Å². The van der Waals surface area contributed by atoms with Crippen LogP contribution in [0.25, 0.3) is 0 Å². The van der Waals surface area contributed by atoms with Crippen LogP contribution in [0, 0.1) is 5.41 Å². The number of carbonyl (C=O) groups is 2. The molecule has 0 saturated carbocycles. The van der Waals surface area contributed by atoms with Crippen molar-refractivity contribution in [3.8, 4) is 0 Å². The number of hydrogen-bond donors (Lipinski definition) is 2. The maximum atomic E-state index is 12.7. The van der Waals surface area contributed by atoms with Crippen LogP contribution in [-0.4, -0.2) is 34.7 Å². The standard InChI is InChI=1S/C24H31N3O3/c1-15(2)27(5)14-17-9-7-6-8-16(17)13-25-22(29)19-10-18-20(26-23(19)30)11-24(3,4)12-21(18)28/h6-10,15H,11-14H2,1-5H3,(H,25,29)(H,26,30). The van der Waals surface area contributed by atoms with E-state index in [0.29, 0.717) is 36.7 Å². The van der Waals surface area contributed by atoms with Crippen LogP contribution in [0.5, 0.6) is 0 Å². The summed E-state index contributed by atoms with van der Waals surface area (Å²) in [6.45, 7) is 9.36. The van der Waals surface area contributed by atoms with Crippen LogP contribution in [0.4, 0.5) is 0 Å². The number of amides is 1. The average molecular weight is 410 g/mol. The van der Waals surface area contributed by atoms with Crippen LogP contribution in [0.1, 0.15) is 71.7 Å². The highest BCUT2D eigenvalue weighted by molar-refractivity contribution is 6.02. The van der Waals surface area contributed by atoms with Crippen molar-refractivity contribution in [3.05, 3.63) is 68.6 Å². The average Bonchev–Trinajstić information content (AvgIpc) is 2.65. The van der Waals surface area contributed by atoms with Crippen LogP contribution in [0.3, 0.4) is 0 Å². The molecule has 0 aliphatic heterocycles. The second-order valence-corrected chi connectivity index (χ2v) is 9.31. The lowest BCUT2D eigenvalue weighted by atomic mass is 9.75. The van der Waals surface area contributed by atoms with Crippen LogP contribution in [0.15, 0.2) is 35.1 Å². The van der Waals surface area contributed by atoms with Crippen molar-refractivity contribution in [2.24, 2.45) is 5.41 Å². The highest BCUT2D eigenvalue weighted by atomic mass is 16.2. The topological polar surface area (TPSA) is 82.3 Å². The summed E-state index contributed by atoms with van der Waals surface area (Å²) in [5.74, 6) is -0.502. The van der Waals surface area contributed by atoms with E-state index in [1.165, 1.54) is 6.07 Å². The minimum absolute atomic E-state index is 0.0152. The Balaban J connectivity index is 1.78. The lowest BCUT2D eigenvalue weighted by Gasteiger charge is -2.29. The van der Waals surface area contributed by atoms with Gasteiger partial charge in [-0.05, 0) is 49.9 Å². The molecule has 0 atom stereocenters. The molecule has 6 heteroatoms. The molecule has 2 N–H and O–H groups in total.